The van der Waals surface area contributed by atoms with E-state index in [-0.39, 0.29) is 6.54 Å². The van der Waals surface area contributed by atoms with E-state index in [4.69, 9.17) is 5.73 Å². The predicted octanol–water partition coefficient (Wildman–Crippen LogP) is 2.50. The number of hydrogen-bond donors (Lipinski definition) is 2. The maximum atomic E-state index is 10.9. The van der Waals surface area contributed by atoms with Crippen molar-refractivity contribution in [3.05, 3.63) is 70.8 Å². The van der Waals surface area contributed by atoms with Crippen molar-refractivity contribution >= 4 is 0 Å². The first-order valence-electron chi connectivity index (χ1n) is 6.14. The van der Waals surface area contributed by atoms with Gasteiger partial charge in [-0.05, 0) is 36.1 Å². The SMILES string of the molecule is Cc1cccc(C(O)(CN)c2ccccc2)c1C. The van der Waals surface area contributed by atoms with E-state index in [0.717, 1.165) is 22.3 Å². The Balaban J connectivity index is 2.61. The average molecular weight is 241 g/mol. The van der Waals surface area contributed by atoms with Crippen LogP contribution in [0.1, 0.15) is 22.3 Å². The van der Waals surface area contributed by atoms with Crippen LogP contribution in [0.4, 0.5) is 0 Å². The number of hydrogen-bond acceptors (Lipinski definition) is 2. The maximum Gasteiger partial charge on any atom is 0.127 e. The standard InChI is InChI=1S/C16H19NO/c1-12-7-6-10-15(13(12)2)16(18,11-17)14-8-4-3-5-9-14/h3-10,18H,11,17H2,1-2H3. The summed E-state index contributed by atoms with van der Waals surface area (Å²) in [6.45, 7) is 4.23. The molecule has 0 bridgehead atoms. The van der Waals surface area contributed by atoms with Gasteiger partial charge in [-0.3, -0.25) is 0 Å². The molecule has 1 atom stereocenters. The first kappa shape index (κ1) is 12.8. The zero-order valence-electron chi connectivity index (χ0n) is 10.9. The summed E-state index contributed by atoms with van der Waals surface area (Å²) in [5.41, 5.74) is 8.70. The molecule has 2 aromatic rings. The molecule has 0 saturated heterocycles. The van der Waals surface area contributed by atoms with Crippen LogP contribution in [0.2, 0.25) is 0 Å². The van der Waals surface area contributed by atoms with Crippen molar-refractivity contribution in [3.63, 3.8) is 0 Å². The lowest BCUT2D eigenvalue weighted by molar-refractivity contribution is 0.0895. The van der Waals surface area contributed by atoms with Gasteiger partial charge in [-0.25, -0.2) is 0 Å². The largest absolute Gasteiger partial charge is 0.379 e. The molecule has 0 saturated carbocycles. The number of benzene rings is 2. The highest BCUT2D eigenvalue weighted by molar-refractivity contribution is 5.43. The van der Waals surface area contributed by atoms with Crippen LogP contribution in [0, 0.1) is 13.8 Å². The van der Waals surface area contributed by atoms with Gasteiger partial charge in [0.05, 0.1) is 0 Å². The van der Waals surface area contributed by atoms with E-state index in [0.29, 0.717) is 0 Å². The quantitative estimate of drug-likeness (QED) is 0.867. The molecule has 2 nitrogen and oxygen atoms in total. The number of aliphatic hydroxyl groups is 1. The van der Waals surface area contributed by atoms with Gasteiger partial charge < -0.3 is 10.8 Å². The molecule has 0 aromatic heterocycles. The third kappa shape index (κ3) is 2.05. The Morgan fingerprint density at radius 1 is 1.00 bits per heavy atom. The maximum absolute atomic E-state index is 10.9. The van der Waals surface area contributed by atoms with Crippen LogP contribution < -0.4 is 5.73 Å². The fraction of sp³-hybridized carbons (Fsp3) is 0.250. The summed E-state index contributed by atoms with van der Waals surface area (Å²) >= 11 is 0. The summed E-state index contributed by atoms with van der Waals surface area (Å²) in [6.07, 6.45) is 0. The number of nitrogens with two attached hydrogens (primary N) is 1. The molecule has 94 valence electrons. The third-order valence-corrected chi connectivity index (χ3v) is 3.60. The highest BCUT2D eigenvalue weighted by Crippen LogP contribution is 2.31. The molecule has 0 fully saturated rings. The molecule has 0 spiro atoms. The minimum atomic E-state index is -1.11. The summed E-state index contributed by atoms with van der Waals surface area (Å²) in [7, 11) is 0. The molecule has 2 aromatic carbocycles. The normalized spacial score (nSPS) is 14.2. The van der Waals surface area contributed by atoms with Crippen LogP contribution >= 0.6 is 0 Å². The van der Waals surface area contributed by atoms with Crippen LogP contribution in [0.3, 0.4) is 0 Å². The summed E-state index contributed by atoms with van der Waals surface area (Å²) in [5, 5.41) is 10.9. The third-order valence-electron chi connectivity index (χ3n) is 3.60. The molecular formula is C16H19NO. The van der Waals surface area contributed by atoms with Crippen LogP contribution in [0.25, 0.3) is 0 Å². The van der Waals surface area contributed by atoms with Crippen molar-refractivity contribution < 1.29 is 5.11 Å². The second-order valence-electron chi connectivity index (χ2n) is 4.68. The fourth-order valence-corrected chi connectivity index (χ4v) is 2.30. The Morgan fingerprint density at radius 2 is 1.67 bits per heavy atom. The van der Waals surface area contributed by atoms with E-state index in [2.05, 4.69) is 0 Å². The zero-order valence-corrected chi connectivity index (χ0v) is 10.9. The van der Waals surface area contributed by atoms with Crippen molar-refractivity contribution in [1.29, 1.82) is 0 Å². The van der Waals surface area contributed by atoms with Gasteiger partial charge in [0.1, 0.15) is 5.60 Å². The van der Waals surface area contributed by atoms with Gasteiger partial charge in [-0.1, -0.05) is 48.5 Å². The molecule has 1 unspecified atom stereocenters. The summed E-state index contributed by atoms with van der Waals surface area (Å²) in [4.78, 5) is 0. The van der Waals surface area contributed by atoms with Gasteiger partial charge >= 0.3 is 0 Å². The van der Waals surface area contributed by atoms with Crippen LogP contribution in [0.5, 0.6) is 0 Å². The van der Waals surface area contributed by atoms with E-state index in [9.17, 15) is 5.11 Å². The summed E-state index contributed by atoms with van der Waals surface area (Å²) in [5.74, 6) is 0. The van der Waals surface area contributed by atoms with E-state index < -0.39 is 5.60 Å². The molecule has 0 aliphatic heterocycles. The Hall–Kier alpha value is -1.64. The average Bonchev–Trinajstić information content (AvgIpc) is 2.42. The molecule has 0 radical (unpaired) electrons. The van der Waals surface area contributed by atoms with E-state index in [1.807, 2.05) is 62.4 Å². The molecule has 0 amide bonds. The van der Waals surface area contributed by atoms with Gasteiger partial charge in [-0.15, -0.1) is 0 Å². The van der Waals surface area contributed by atoms with Crippen molar-refractivity contribution in [1.82, 2.24) is 0 Å². The molecule has 2 rings (SSSR count). The van der Waals surface area contributed by atoms with Crippen molar-refractivity contribution in [2.75, 3.05) is 6.54 Å². The Kier molecular flexibility index (Phi) is 3.50. The van der Waals surface area contributed by atoms with Gasteiger partial charge in [0.15, 0.2) is 0 Å². The number of rotatable bonds is 3. The Morgan fingerprint density at radius 3 is 2.28 bits per heavy atom. The molecule has 18 heavy (non-hydrogen) atoms. The summed E-state index contributed by atoms with van der Waals surface area (Å²) in [6, 6.07) is 15.5. The van der Waals surface area contributed by atoms with Gasteiger partial charge in [-0.2, -0.15) is 0 Å². The first-order chi connectivity index (χ1) is 8.59. The zero-order chi connectivity index (χ0) is 13.2. The molecule has 0 aliphatic carbocycles. The second-order valence-corrected chi connectivity index (χ2v) is 4.68. The minimum Gasteiger partial charge on any atom is -0.379 e. The highest BCUT2D eigenvalue weighted by Gasteiger charge is 2.31. The fourth-order valence-electron chi connectivity index (χ4n) is 2.30. The van der Waals surface area contributed by atoms with E-state index in [1.54, 1.807) is 0 Å². The van der Waals surface area contributed by atoms with Gasteiger partial charge in [0, 0.05) is 6.54 Å². The number of aryl methyl sites for hydroxylation is 1. The van der Waals surface area contributed by atoms with Gasteiger partial charge in [0.25, 0.3) is 0 Å². The highest BCUT2D eigenvalue weighted by atomic mass is 16.3. The minimum absolute atomic E-state index is 0.168. The molecule has 0 heterocycles. The lowest BCUT2D eigenvalue weighted by Gasteiger charge is -2.30. The van der Waals surface area contributed by atoms with Crippen molar-refractivity contribution in [2.24, 2.45) is 5.73 Å². The molecule has 2 heteroatoms. The van der Waals surface area contributed by atoms with E-state index >= 15 is 0 Å². The molecule has 0 aliphatic rings. The molecule has 3 N–H and O–H groups in total. The Labute approximate surface area is 108 Å². The Bertz CT molecular complexity index is 536. The van der Waals surface area contributed by atoms with Gasteiger partial charge in [0.2, 0.25) is 0 Å². The summed E-state index contributed by atoms with van der Waals surface area (Å²) < 4.78 is 0. The van der Waals surface area contributed by atoms with Crippen LogP contribution in [0.15, 0.2) is 48.5 Å². The molecular weight excluding hydrogens is 222 g/mol. The van der Waals surface area contributed by atoms with Crippen molar-refractivity contribution in [3.8, 4) is 0 Å². The predicted molar refractivity (Wildman–Crippen MR) is 74.4 cm³/mol. The monoisotopic (exact) mass is 241 g/mol. The lowest BCUT2D eigenvalue weighted by Crippen LogP contribution is -2.36. The van der Waals surface area contributed by atoms with Crippen LogP contribution in [-0.2, 0) is 5.60 Å². The first-order valence-corrected chi connectivity index (χ1v) is 6.14. The smallest absolute Gasteiger partial charge is 0.127 e. The van der Waals surface area contributed by atoms with Crippen molar-refractivity contribution in [2.45, 2.75) is 19.4 Å². The van der Waals surface area contributed by atoms with E-state index in [1.165, 1.54) is 0 Å². The topological polar surface area (TPSA) is 46.2 Å². The second kappa shape index (κ2) is 4.92. The lowest BCUT2D eigenvalue weighted by atomic mass is 9.83. The van der Waals surface area contributed by atoms with Crippen LogP contribution in [-0.4, -0.2) is 11.7 Å².